The molecule has 0 atom stereocenters. The normalized spacial score (nSPS) is 9.82. The molecule has 0 saturated heterocycles. The maximum Gasteiger partial charge on any atom is 0.0706 e. The van der Waals surface area contributed by atoms with Crippen LogP contribution >= 0.6 is 0 Å². The number of nitrogens with zero attached hydrogens (tertiary/aromatic N) is 1. The molecule has 106 valence electrons. The molecule has 3 aromatic rings. The van der Waals surface area contributed by atoms with Crippen LogP contribution in [0.2, 0.25) is 0 Å². The van der Waals surface area contributed by atoms with Gasteiger partial charge in [0.1, 0.15) is 0 Å². The summed E-state index contributed by atoms with van der Waals surface area (Å²) in [6.07, 6.45) is 4.60. The molecule has 0 unspecified atom stereocenters. The summed E-state index contributed by atoms with van der Waals surface area (Å²) in [6, 6.07) is 26.8. The molecule has 1 heterocycles. The van der Waals surface area contributed by atoms with E-state index in [4.69, 9.17) is 0 Å². The third-order valence-corrected chi connectivity index (χ3v) is 3.43. The van der Waals surface area contributed by atoms with Crippen molar-refractivity contribution in [1.82, 2.24) is 4.98 Å². The van der Waals surface area contributed by atoms with E-state index in [0.29, 0.717) is 0 Å². The van der Waals surface area contributed by atoms with Gasteiger partial charge < -0.3 is 0 Å². The van der Waals surface area contributed by atoms with Crippen LogP contribution in [0.15, 0.2) is 90.8 Å². The topological polar surface area (TPSA) is 12.9 Å². The highest BCUT2D eigenvalue weighted by atomic mass is 14.6. The van der Waals surface area contributed by atoms with E-state index in [1.807, 2.05) is 36.4 Å². The van der Waals surface area contributed by atoms with E-state index in [9.17, 15) is 0 Å². The molecule has 1 nitrogen and oxygen atoms in total. The highest BCUT2D eigenvalue weighted by Crippen LogP contribution is 2.19. The zero-order chi connectivity index (χ0) is 15.0. The molecule has 0 aliphatic rings. The summed E-state index contributed by atoms with van der Waals surface area (Å²) < 4.78 is 0. The minimum absolute atomic E-state index is 0.855. The second-order valence-electron chi connectivity index (χ2n) is 5.05. The Labute approximate surface area is 131 Å². The van der Waals surface area contributed by atoms with Crippen molar-refractivity contribution in [3.05, 3.63) is 108 Å². The Hall–Kier alpha value is -2.89. The Balaban J connectivity index is 1.98. The fourth-order valence-electron chi connectivity index (χ4n) is 2.30. The third-order valence-electron chi connectivity index (χ3n) is 3.43. The first-order valence-corrected chi connectivity index (χ1v) is 7.38. The Morgan fingerprint density at radius 1 is 0.818 bits per heavy atom. The van der Waals surface area contributed by atoms with Crippen LogP contribution in [0.25, 0.3) is 11.6 Å². The number of pyridine rings is 1. The van der Waals surface area contributed by atoms with Crippen molar-refractivity contribution in [3.63, 3.8) is 0 Å². The van der Waals surface area contributed by atoms with Gasteiger partial charge in [-0.15, -0.1) is 5.73 Å². The number of rotatable bonds is 4. The molecule has 0 aliphatic carbocycles. The minimum Gasteiger partial charge on any atom is -0.256 e. The summed E-state index contributed by atoms with van der Waals surface area (Å²) in [6.45, 7) is 0. The fourth-order valence-corrected chi connectivity index (χ4v) is 2.30. The number of allylic oxidation sites excluding steroid dienone is 1. The smallest absolute Gasteiger partial charge is 0.0706 e. The van der Waals surface area contributed by atoms with Crippen molar-refractivity contribution in [2.45, 2.75) is 6.42 Å². The average Bonchev–Trinajstić information content (AvgIpc) is 2.61. The molecule has 0 fully saturated rings. The van der Waals surface area contributed by atoms with Crippen LogP contribution in [0.3, 0.4) is 0 Å². The predicted molar refractivity (Wildman–Crippen MR) is 92.2 cm³/mol. The summed E-state index contributed by atoms with van der Waals surface area (Å²) in [5.74, 6) is 0. The van der Waals surface area contributed by atoms with Crippen molar-refractivity contribution >= 4 is 11.6 Å². The molecule has 1 aromatic heterocycles. The largest absolute Gasteiger partial charge is 0.256 e. The third kappa shape index (κ3) is 3.82. The lowest BCUT2D eigenvalue weighted by Crippen LogP contribution is -1.89. The molecule has 0 bridgehead atoms. The molecule has 0 amide bonds. The predicted octanol–water partition coefficient (Wildman–Crippen LogP) is 5.02. The average molecular weight is 283 g/mol. The second kappa shape index (κ2) is 7.21. The maximum atomic E-state index is 4.32. The monoisotopic (exact) mass is 283 g/mol. The van der Waals surface area contributed by atoms with Gasteiger partial charge in [0, 0.05) is 24.3 Å². The van der Waals surface area contributed by atoms with E-state index in [1.165, 1.54) is 11.1 Å². The molecule has 0 spiro atoms. The zero-order valence-electron chi connectivity index (χ0n) is 12.3. The van der Waals surface area contributed by atoms with E-state index < -0.39 is 0 Å². The molecular weight excluding hydrogens is 266 g/mol. The van der Waals surface area contributed by atoms with Gasteiger partial charge in [0.2, 0.25) is 0 Å². The summed E-state index contributed by atoms with van der Waals surface area (Å²) in [5, 5.41) is 0. The molecule has 3 rings (SSSR count). The SMILES string of the molecule is C(=Cc1ccccn1)=C(Cc1ccccc1)c1ccccc1. The highest BCUT2D eigenvalue weighted by molar-refractivity contribution is 5.70. The Morgan fingerprint density at radius 2 is 1.50 bits per heavy atom. The molecule has 0 radical (unpaired) electrons. The summed E-state index contributed by atoms with van der Waals surface area (Å²) in [4.78, 5) is 4.32. The van der Waals surface area contributed by atoms with E-state index in [2.05, 4.69) is 59.2 Å². The standard InChI is InChI=1S/C21H17N/c1-3-9-18(10-4-1)17-20(19-11-5-2-6-12-19)14-15-21-13-7-8-16-22-21/h1-13,15-16H,17H2. The van der Waals surface area contributed by atoms with E-state index in [-0.39, 0.29) is 0 Å². The number of hydrogen-bond donors (Lipinski definition) is 0. The van der Waals surface area contributed by atoms with E-state index in [0.717, 1.165) is 17.7 Å². The quantitative estimate of drug-likeness (QED) is 0.613. The van der Waals surface area contributed by atoms with Crippen LogP contribution in [0, 0.1) is 0 Å². The van der Waals surface area contributed by atoms with Gasteiger partial charge in [0.25, 0.3) is 0 Å². The Morgan fingerprint density at radius 3 is 2.18 bits per heavy atom. The zero-order valence-corrected chi connectivity index (χ0v) is 12.3. The van der Waals surface area contributed by atoms with Crippen LogP contribution in [-0.2, 0) is 6.42 Å². The van der Waals surface area contributed by atoms with Gasteiger partial charge in [-0.05, 0) is 23.3 Å². The summed E-state index contributed by atoms with van der Waals surface area (Å²) in [5.41, 5.74) is 7.99. The second-order valence-corrected chi connectivity index (χ2v) is 5.05. The molecule has 0 saturated carbocycles. The lowest BCUT2D eigenvalue weighted by atomic mass is 9.99. The number of benzene rings is 2. The van der Waals surface area contributed by atoms with E-state index in [1.54, 1.807) is 6.20 Å². The van der Waals surface area contributed by atoms with Gasteiger partial charge in [0.15, 0.2) is 0 Å². The lowest BCUT2D eigenvalue weighted by Gasteiger charge is -2.05. The van der Waals surface area contributed by atoms with E-state index >= 15 is 0 Å². The van der Waals surface area contributed by atoms with Gasteiger partial charge in [-0.25, -0.2) is 0 Å². The molecular formula is C21H17N. The van der Waals surface area contributed by atoms with Gasteiger partial charge >= 0.3 is 0 Å². The maximum absolute atomic E-state index is 4.32. The van der Waals surface area contributed by atoms with Crippen molar-refractivity contribution in [2.24, 2.45) is 0 Å². The molecule has 2 aromatic carbocycles. The molecule has 1 heteroatoms. The first kappa shape index (κ1) is 14.1. The van der Waals surface area contributed by atoms with Crippen LogP contribution in [0.4, 0.5) is 0 Å². The fraction of sp³-hybridized carbons (Fsp3) is 0.0476. The highest BCUT2D eigenvalue weighted by Gasteiger charge is 2.02. The first-order valence-electron chi connectivity index (χ1n) is 7.38. The van der Waals surface area contributed by atoms with Crippen molar-refractivity contribution in [2.75, 3.05) is 0 Å². The van der Waals surface area contributed by atoms with Gasteiger partial charge in [-0.3, -0.25) is 4.98 Å². The van der Waals surface area contributed by atoms with Crippen molar-refractivity contribution in [1.29, 1.82) is 0 Å². The molecule has 0 aliphatic heterocycles. The van der Waals surface area contributed by atoms with Gasteiger partial charge in [0.05, 0.1) is 5.69 Å². The van der Waals surface area contributed by atoms with Crippen LogP contribution in [0.5, 0.6) is 0 Å². The minimum atomic E-state index is 0.855. The molecule has 22 heavy (non-hydrogen) atoms. The van der Waals surface area contributed by atoms with Crippen LogP contribution < -0.4 is 0 Å². The Kier molecular flexibility index (Phi) is 4.61. The van der Waals surface area contributed by atoms with Crippen LogP contribution in [-0.4, -0.2) is 4.98 Å². The number of aromatic nitrogens is 1. The first-order chi connectivity index (χ1) is 10.9. The van der Waals surface area contributed by atoms with Crippen LogP contribution in [0.1, 0.15) is 16.8 Å². The van der Waals surface area contributed by atoms with Gasteiger partial charge in [-0.2, -0.15) is 0 Å². The number of hydrogen-bond acceptors (Lipinski definition) is 1. The molecule has 0 N–H and O–H groups in total. The summed E-state index contributed by atoms with van der Waals surface area (Å²) in [7, 11) is 0. The van der Waals surface area contributed by atoms with Crippen molar-refractivity contribution < 1.29 is 0 Å². The lowest BCUT2D eigenvalue weighted by molar-refractivity contribution is 1.28. The Bertz CT molecular complexity index is 768. The van der Waals surface area contributed by atoms with Gasteiger partial charge in [-0.1, -0.05) is 66.7 Å². The summed E-state index contributed by atoms with van der Waals surface area (Å²) >= 11 is 0. The van der Waals surface area contributed by atoms with Crippen molar-refractivity contribution in [3.8, 4) is 0 Å².